The highest BCUT2D eigenvalue weighted by Crippen LogP contribution is 2.35. The van der Waals surface area contributed by atoms with E-state index in [2.05, 4.69) is 12.0 Å². The van der Waals surface area contributed by atoms with Crippen LogP contribution < -0.4 is 20.7 Å². The lowest BCUT2D eigenvalue weighted by Gasteiger charge is -2.21. The Balaban J connectivity index is 3.09. The Morgan fingerprint density at radius 3 is 2.35 bits per heavy atom. The molecule has 94 valence electrons. The van der Waals surface area contributed by atoms with Crippen molar-refractivity contribution in [3.05, 3.63) is 36.4 Å². The molecule has 0 aliphatic rings. The van der Waals surface area contributed by atoms with Gasteiger partial charge in [-0.05, 0) is 25.0 Å². The molecular weight excluding hydrogens is 216 g/mol. The van der Waals surface area contributed by atoms with Crippen LogP contribution in [0.1, 0.15) is 24.4 Å². The molecular formula is C13H20N2O2. The maximum absolute atomic E-state index is 5.60. The molecule has 0 aliphatic carbocycles. The summed E-state index contributed by atoms with van der Waals surface area (Å²) in [5.41, 5.74) is 3.74. The fourth-order valence-corrected chi connectivity index (χ4v) is 1.82. The Bertz CT molecular complexity index is 344. The molecule has 0 heterocycles. The summed E-state index contributed by atoms with van der Waals surface area (Å²) >= 11 is 0. The smallest absolute Gasteiger partial charge is 0.127 e. The predicted molar refractivity (Wildman–Crippen MR) is 69.0 cm³/mol. The van der Waals surface area contributed by atoms with Gasteiger partial charge in [0, 0.05) is 0 Å². The zero-order chi connectivity index (χ0) is 12.7. The van der Waals surface area contributed by atoms with E-state index in [1.54, 1.807) is 14.2 Å². The van der Waals surface area contributed by atoms with Crippen molar-refractivity contribution in [1.82, 2.24) is 5.43 Å². The van der Waals surface area contributed by atoms with E-state index in [0.29, 0.717) is 0 Å². The van der Waals surface area contributed by atoms with Crippen LogP contribution in [-0.4, -0.2) is 14.2 Å². The van der Waals surface area contributed by atoms with Crippen molar-refractivity contribution < 1.29 is 9.47 Å². The lowest BCUT2D eigenvalue weighted by atomic mass is 10.0. The zero-order valence-corrected chi connectivity index (χ0v) is 10.4. The minimum atomic E-state index is -0.0147. The quantitative estimate of drug-likeness (QED) is 0.433. The second-order valence-corrected chi connectivity index (χ2v) is 3.66. The average molecular weight is 236 g/mol. The molecule has 17 heavy (non-hydrogen) atoms. The molecule has 0 aromatic heterocycles. The molecule has 1 atom stereocenters. The molecule has 1 rings (SSSR count). The number of hydrogen-bond donors (Lipinski definition) is 2. The second kappa shape index (κ2) is 6.93. The van der Waals surface area contributed by atoms with E-state index in [9.17, 15) is 0 Å². The van der Waals surface area contributed by atoms with Gasteiger partial charge in [-0.1, -0.05) is 12.1 Å². The van der Waals surface area contributed by atoms with Gasteiger partial charge in [0.2, 0.25) is 0 Å². The first kappa shape index (κ1) is 13.5. The number of benzene rings is 1. The Morgan fingerprint density at radius 1 is 1.35 bits per heavy atom. The molecule has 0 saturated carbocycles. The molecule has 1 aromatic rings. The van der Waals surface area contributed by atoms with Gasteiger partial charge in [0.05, 0.1) is 25.8 Å². The Morgan fingerprint density at radius 2 is 1.94 bits per heavy atom. The van der Waals surface area contributed by atoms with Crippen LogP contribution in [0.15, 0.2) is 30.9 Å². The fourth-order valence-electron chi connectivity index (χ4n) is 1.82. The largest absolute Gasteiger partial charge is 0.496 e. The van der Waals surface area contributed by atoms with Crippen LogP contribution in [-0.2, 0) is 0 Å². The van der Waals surface area contributed by atoms with Gasteiger partial charge in [0.15, 0.2) is 0 Å². The number of methoxy groups -OCH3 is 2. The van der Waals surface area contributed by atoms with Crippen LogP contribution in [0.25, 0.3) is 0 Å². The van der Waals surface area contributed by atoms with Crippen LogP contribution >= 0.6 is 0 Å². The van der Waals surface area contributed by atoms with Crippen molar-refractivity contribution in [2.24, 2.45) is 5.84 Å². The van der Waals surface area contributed by atoms with Crippen molar-refractivity contribution in [2.45, 2.75) is 18.9 Å². The van der Waals surface area contributed by atoms with Crippen molar-refractivity contribution >= 4 is 0 Å². The third-order valence-corrected chi connectivity index (χ3v) is 2.68. The third-order valence-electron chi connectivity index (χ3n) is 2.68. The summed E-state index contributed by atoms with van der Waals surface area (Å²) in [4.78, 5) is 0. The summed E-state index contributed by atoms with van der Waals surface area (Å²) in [5, 5.41) is 0. The monoisotopic (exact) mass is 236 g/mol. The van der Waals surface area contributed by atoms with Crippen molar-refractivity contribution in [3.8, 4) is 11.5 Å². The standard InChI is InChI=1S/C13H20N2O2/c1-4-5-7-10(15-14)13-11(16-2)8-6-9-12(13)17-3/h4,6,8-10,15H,1,5,7,14H2,2-3H3. The molecule has 3 N–H and O–H groups in total. The van der Waals surface area contributed by atoms with Crippen LogP contribution in [0.5, 0.6) is 11.5 Å². The summed E-state index contributed by atoms with van der Waals surface area (Å²) in [6.45, 7) is 3.71. The SMILES string of the molecule is C=CCCC(NN)c1c(OC)cccc1OC. The highest BCUT2D eigenvalue weighted by molar-refractivity contribution is 5.46. The number of nitrogens with two attached hydrogens (primary N) is 1. The average Bonchev–Trinajstić information content (AvgIpc) is 2.39. The van der Waals surface area contributed by atoms with Gasteiger partial charge >= 0.3 is 0 Å². The molecule has 0 saturated heterocycles. The Hall–Kier alpha value is -1.52. The Labute approximate surface area is 102 Å². The molecule has 0 radical (unpaired) electrons. The van der Waals surface area contributed by atoms with E-state index in [0.717, 1.165) is 29.9 Å². The van der Waals surface area contributed by atoms with E-state index in [1.165, 1.54) is 0 Å². The molecule has 0 amide bonds. The van der Waals surface area contributed by atoms with Crippen LogP contribution in [0.4, 0.5) is 0 Å². The summed E-state index contributed by atoms with van der Waals surface area (Å²) in [5.74, 6) is 7.15. The minimum absolute atomic E-state index is 0.0147. The number of hydrazine groups is 1. The molecule has 0 bridgehead atoms. The van der Waals surface area contributed by atoms with Crippen LogP contribution in [0.3, 0.4) is 0 Å². The molecule has 0 spiro atoms. The van der Waals surface area contributed by atoms with E-state index in [-0.39, 0.29) is 6.04 Å². The minimum Gasteiger partial charge on any atom is -0.496 e. The van der Waals surface area contributed by atoms with E-state index < -0.39 is 0 Å². The van der Waals surface area contributed by atoms with Crippen molar-refractivity contribution in [3.63, 3.8) is 0 Å². The van der Waals surface area contributed by atoms with Crippen LogP contribution in [0.2, 0.25) is 0 Å². The normalized spacial score (nSPS) is 11.9. The first-order valence-corrected chi connectivity index (χ1v) is 5.56. The highest BCUT2D eigenvalue weighted by Gasteiger charge is 2.18. The van der Waals surface area contributed by atoms with Crippen LogP contribution in [0, 0.1) is 0 Å². The van der Waals surface area contributed by atoms with E-state index in [4.69, 9.17) is 15.3 Å². The lowest BCUT2D eigenvalue weighted by Crippen LogP contribution is -2.28. The second-order valence-electron chi connectivity index (χ2n) is 3.66. The molecule has 1 aromatic carbocycles. The van der Waals surface area contributed by atoms with Gasteiger partial charge in [-0.15, -0.1) is 6.58 Å². The van der Waals surface area contributed by atoms with E-state index >= 15 is 0 Å². The highest BCUT2D eigenvalue weighted by atomic mass is 16.5. The van der Waals surface area contributed by atoms with Crippen molar-refractivity contribution in [2.75, 3.05) is 14.2 Å². The van der Waals surface area contributed by atoms with Gasteiger partial charge in [0.1, 0.15) is 11.5 Å². The summed E-state index contributed by atoms with van der Waals surface area (Å²) in [7, 11) is 3.28. The molecule has 0 aliphatic heterocycles. The number of allylic oxidation sites excluding steroid dienone is 1. The topological polar surface area (TPSA) is 56.5 Å². The van der Waals surface area contributed by atoms with Gasteiger partial charge in [-0.2, -0.15) is 0 Å². The molecule has 4 heteroatoms. The summed E-state index contributed by atoms with van der Waals surface area (Å²) in [6, 6.07) is 5.67. The lowest BCUT2D eigenvalue weighted by molar-refractivity contribution is 0.367. The molecule has 1 unspecified atom stereocenters. The number of nitrogens with one attached hydrogen (secondary N) is 1. The maximum Gasteiger partial charge on any atom is 0.127 e. The van der Waals surface area contributed by atoms with Gasteiger partial charge in [0.25, 0.3) is 0 Å². The maximum atomic E-state index is 5.60. The number of rotatable bonds is 7. The Kier molecular flexibility index (Phi) is 5.52. The first-order chi connectivity index (χ1) is 8.28. The zero-order valence-electron chi connectivity index (χ0n) is 10.4. The van der Waals surface area contributed by atoms with Crippen molar-refractivity contribution in [1.29, 1.82) is 0 Å². The van der Waals surface area contributed by atoms with E-state index in [1.807, 2.05) is 24.3 Å². The predicted octanol–water partition coefficient (Wildman–Crippen LogP) is 2.17. The number of hydrogen-bond acceptors (Lipinski definition) is 4. The summed E-state index contributed by atoms with van der Waals surface area (Å²) < 4.78 is 10.7. The first-order valence-electron chi connectivity index (χ1n) is 5.56. The fraction of sp³-hybridized carbons (Fsp3) is 0.385. The molecule has 4 nitrogen and oxygen atoms in total. The summed E-state index contributed by atoms with van der Waals surface area (Å²) in [6.07, 6.45) is 3.58. The third kappa shape index (κ3) is 3.22. The van der Waals surface area contributed by atoms with Gasteiger partial charge in [-0.3, -0.25) is 11.3 Å². The van der Waals surface area contributed by atoms with Gasteiger partial charge < -0.3 is 9.47 Å². The molecule has 0 fully saturated rings. The van der Waals surface area contributed by atoms with Gasteiger partial charge in [-0.25, -0.2) is 0 Å². The number of ether oxygens (including phenoxy) is 2.